The number of aryl methyl sites for hydroxylation is 1. The molecule has 0 radical (unpaired) electrons. The molecule has 1 unspecified atom stereocenters. The average molecular weight is 449 g/mol. The maximum Gasteiger partial charge on any atom is 0.340 e. The molecule has 3 amide bonds. The summed E-state index contributed by atoms with van der Waals surface area (Å²) >= 11 is 0. The third-order valence-electron chi connectivity index (χ3n) is 5.41. The molecule has 2 aromatic carbocycles. The van der Waals surface area contributed by atoms with Gasteiger partial charge in [0.25, 0.3) is 0 Å². The molecule has 1 atom stereocenters. The van der Waals surface area contributed by atoms with E-state index in [1.165, 1.54) is 11.0 Å². The Morgan fingerprint density at radius 1 is 1.15 bits per heavy atom. The topological polar surface area (TPSA) is 114 Å². The fourth-order valence-electron chi connectivity index (χ4n) is 3.80. The second-order valence-corrected chi connectivity index (χ2v) is 7.63. The number of anilines is 1. The van der Waals surface area contributed by atoms with Gasteiger partial charge in [-0.25, -0.2) is 14.4 Å². The molecule has 2 aromatic rings. The number of esters is 2. The lowest BCUT2D eigenvalue weighted by Gasteiger charge is -2.32. The van der Waals surface area contributed by atoms with Gasteiger partial charge in [-0.05, 0) is 31.5 Å². The number of hydrogen-bond acceptors (Lipinski definition) is 6. The Hall–Kier alpha value is -4.14. The fourth-order valence-corrected chi connectivity index (χ4v) is 3.80. The first-order valence-electron chi connectivity index (χ1n) is 10.5. The number of nitrogens with zero attached hydrogens (tertiary/aromatic N) is 1. The smallest absolute Gasteiger partial charge is 0.340 e. The van der Waals surface area contributed by atoms with Gasteiger partial charge in [0.2, 0.25) is 5.91 Å². The summed E-state index contributed by atoms with van der Waals surface area (Å²) in [6.45, 7) is 3.37. The van der Waals surface area contributed by atoms with Gasteiger partial charge in [-0.15, -0.1) is 0 Å². The zero-order chi connectivity index (χ0) is 23.5. The minimum Gasteiger partial charge on any atom is -0.462 e. The number of cyclic esters (lactones) is 1. The van der Waals surface area contributed by atoms with Crippen molar-refractivity contribution in [2.45, 2.75) is 19.9 Å². The second kappa shape index (κ2) is 9.15. The molecule has 4 rings (SSSR count). The van der Waals surface area contributed by atoms with Crippen LogP contribution in [0.25, 0.3) is 0 Å². The summed E-state index contributed by atoms with van der Waals surface area (Å²) in [6.07, 6.45) is 0. The van der Waals surface area contributed by atoms with Crippen molar-refractivity contribution in [1.82, 2.24) is 10.2 Å². The van der Waals surface area contributed by atoms with Gasteiger partial charge in [0.05, 0.1) is 35.2 Å². The van der Waals surface area contributed by atoms with Gasteiger partial charge in [0.1, 0.15) is 13.2 Å². The standard InChI is InChI=1S/C24H23N3O6/c1-3-32-22(29)16-6-4-5-7-17(16)25-19(28)12-27-18-13-33-23(30)20(18)21(26-24(27)31)15-10-8-14(2)9-11-15/h4-11,21H,3,12-13H2,1-2H3,(H,25,28)(H,26,31). The summed E-state index contributed by atoms with van der Waals surface area (Å²) in [6, 6.07) is 12.7. The number of nitrogens with one attached hydrogen (secondary N) is 2. The van der Waals surface area contributed by atoms with E-state index in [0.29, 0.717) is 11.3 Å². The lowest BCUT2D eigenvalue weighted by Crippen LogP contribution is -2.49. The summed E-state index contributed by atoms with van der Waals surface area (Å²) in [4.78, 5) is 51.5. The molecule has 0 bridgehead atoms. The van der Waals surface area contributed by atoms with Crippen LogP contribution in [0.4, 0.5) is 10.5 Å². The maximum absolute atomic E-state index is 12.9. The highest BCUT2D eigenvalue weighted by Gasteiger charge is 2.42. The Balaban J connectivity index is 1.57. The van der Waals surface area contributed by atoms with E-state index in [9.17, 15) is 19.2 Å². The highest BCUT2D eigenvalue weighted by molar-refractivity contribution is 6.03. The Labute approximate surface area is 190 Å². The van der Waals surface area contributed by atoms with Crippen LogP contribution in [0.1, 0.15) is 34.5 Å². The average Bonchev–Trinajstić information content (AvgIpc) is 3.18. The van der Waals surface area contributed by atoms with E-state index >= 15 is 0 Å². The molecule has 0 saturated heterocycles. The predicted octanol–water partition coefficient (Wildman–Crippen LogP) is 2.69. The molecular formula is C24H23N3O6. The van der Waals surface area contributed by atoms with Crippen molar-refractivity contribution in [2.24, 2.45) is 0 Å². The lowest BCUT2D eigenvalue weighted by molar-refractivity contribution is -0.136. The first-order chi connectivity index (χ1) is 15.9. The Kier molecular flexibility index (Phi) is 6.12. The normalized spacial score (nSPS) is 17.3. The molecule has 33 heavy (non-hydrogen) atoms. The number of urea groups is 1. The number of carbonyl (C=O) groups excluding carboxylic acids is 4. The Morgan fingerprint density at radius 3 is 2.61 bits per heavy atom. The summed E-state index contributed by atoms with van der Waals surface area (Å²) < 4.78 is 10.2. The number of ether oxygens (including phenoxy) is 2. The summed E-state index contributed by atoms with van der Waals surface area (Å²) in [7, 11) is 0. The SMILES string of the molecule is CCOC(=O)c1ccccc1NC(=O)CN1C(=O)NC(c2ccc(C)cc2)C2=C1COC2=O. The fraction of sp³-hybridized carbons (Fsp3) is 0.250. The van der Waals surface area contributed by atoms with Crippen molar-refractivity contribution < 1.29 is 28.7 Å². The van der Waals surface area contributed by atoms with E-state index in [1.807, 2.05) is 31.2 Å². The van der Waals surface area contributed by atoms with Crippen molar-refractivity contribution in [3.8, 4) is 0 Å². The third kappa shape index (κ3) is 4.43. The molecule has 9 nitrogen and oxygen atoms in total. The molecule has 2 aliphatic heterocycles. The van der Waals surface area contributed by atoms with E-state index in [-0.39, 0.29) is 31.0 Å². The first-order valence-corrected chi connectivity index (χ1v) is 10.5. The van der Waals surface area contributed by atoms with Gasteiger partial charge in [0.15, 0.2) is 0 Å². The van der Waals surface area contributed by atoms with Gasteiger partial charge >= 0.3 is 18.0 Å². The molecule has 2 N–H and O–H groups in total. The second-order valence-electron chi connectivity index (χ2n) is 7.63. The van der Waals surface area contributed by atoms with E-state index in [0.717, 1.165) is 11.1 Å². The van der Waals surface area contributed by atoms with Crippen molar-refractivity contribution in [3.63, 3.8) is 0 Å². The zero-order valence-electron chi connectivity index (χ0n) is 18.2. The van der Waals surface area contributed by atoms with Gasteiger partial charge in [-0.2, -0.15) is 0 Å². The predicted molar refractivity (Wildman–Crippen MR) is 118 cm³/mol. The number of benzene rings is 2. The third-order valence-corrected chi connectivity index (χ3v) is 5.41. The molecule has 0 aliphatic carbocycles. The van der Waals surface area contributed by atoms with Crippen LogP contribution in [0.5, 0.6) is 0 Å². The van der Waals surface area contributed by atoms with Crippen LogP contribution < -0.4 is 10.6 Å². The monoisotopic (exact) mass is 449 g/mol. The first kappa shape index (κ1) is 22.1. The van der Waals surface area contributed by atoms with E-state index in [2.05, 4.69) is 10.6 Å². The highest BCUT2D eigenvalue weighted by Crippen LogP contribution is 2.35. The Morgan fingerprint density at radius 2 is 1.88 bits per heavy atom. The van der Waals surface area contributed by atoms with E-state index in [4.69, 9.17) is 9.47 Å². The van der Waals surface area contributed by atoms with E-state index in [1.54, 1.807) is 25.1 Å². The number of hydrogen-bond donors (Lipinski definition) is 2. The summed E-state index contributed by atoms with van der Waals surface area (Å²) in [5.41, 5.74) is 2.91. The van der Waals surface area contributed by atoms with Crippen molar-refractivity contribution in [3.05, 3.63) is 76.5 Å². The molecule has 2 heterocycles. The van der Waals surface area contributed by atoms with Crippen LogP contribution in [-0.4, -0.2) is 48.5 Å². The summed E-state index contributed by atoms with van der Waals surface area (Å²) in [5.74, 6) is -1.64. The van der Waals surface area contributed by atoms with Crippen LogP contribution in [0.15, 0.2) is 59.8 Å². The van der Waals surface area contributed by atoms with Crippen LogP contribution in [0, 0.1) is 6.92 Å². The molecule has 9 heteroatoms. The van der Waals surface area contributed by atoms with Gasteiger partial charge in [0, 0.05) is 0 Å². The van der Waals surface area contributed by atoms with E-state index < -0.39 is 29.9 Å². The maximum atomic E-state index is 12.9. The molecule has 2 aliphatic rings. The number of carbonyl (C=O) groups is 4. The van der Waals surface area contributed by atoms with Crippen molar-refractivity contribution in [2.75, 3.05) is 25.1 Å². The zero-order valence-corrected chi connectivity index (χ0v) is 18.2. The van der Waals surface area contributed by atoms with Gasteiger partial charge in [-0.1, -0.05) is 42.0 Å². The quantitative estimate of drug-likeness (QED) is 0.656. The molecule has 0 spiro atoms. The summed E-state index contributed by atoms with van der Waals surface area (Å²) in [5, 5.41) is 5.44. The van der Waals surface area contributed by atoms with Gasteiger partial charge in [-0.3, -0.25) is 9.69 Å². The van der Waals surface area contributed by atoms with Crippen LogP contribution in [0.2, 0.25) is 0 Å². The number of rotatable bonds is 6. The minimum absolute atomic E-state index is 0.101. The van der Waals surface area contributed by atoms with Crippen LogP contribution in [0.3, 0.4) is 0 Å². The Bertz CT molecular complexity index is 1160. The highest BCUT2D eigenvalue weighted by atomic mass is 16.5. The molecule has 0 fully saturated rings. The van der Waals surface area contributed by atoms with Crippen molar-refractivity contribution in [1.29, 1.82) is 0 Å². The molecule has 0 saturated carbocycles. The molecular weight excluding hydrogens is 426 g/mol. The van der Waals surface area contributed by atoms with Crippen LogP contribution >= 0.6 is 0 Å². The lowest BCUT2D eigenvalue weighted by atomic mass is 9.95. The minimum atomic E-state index is -0.660. The number of amides is 3. The van der Waals surface area contributed by atoms with Crippen molar-refractivity contribution >= 4 is 29.6 Å². The molecule has 170 valence electrons. The van der Waals surface area contributed by atoms with Gasteiger partial charge < -0.3 is 20.1 Å². The largest absolute Gasteiger partial charge is 0.462 e. The molecule has 0 aromatic heterocycles. The number of para-hydroxylation sites is 1. The van der Waals surface area contributed by atoms with Crippen LogP contribution in [-0.2, 0) is 19.1 Å².